The second-order valence-electron chi connectivity index (χ2n) is 4.22. The van der Waals surface area contributed by atoms with Gasteiger partial charge in [-0.2, -0.15) is 5.26 Å². The molecular formula is C16H13NO3. The molecule has 0 radical (unpaired) electrons. The van der Waals surface area contributed by atoms with Crippen LogP contribution in [0.15, 0.2) is 48.5 Å². The summed E-state index contributed by atoms with van der Waals surface area (Å²) in [7, 11) is 0. The summed E-state index contributed by atoms with van der Waals surface area (Å²) in [6.07, 6.45) is 0. The van der Waals surface area contributed by atoms with Crippen LogP contribution in [-0.2, 0) is 4.79 Å². The van der Waals surface area contributed by atoms with Gasteiger partial charge in [-0.1, -0.05) is 12.1 Å². The Morgan fingerprint density at radius 1 is 1.15 bits per heavy atom. The first kappa shape index (κ1) is 13.6. The summed E-state index contributed by atoms with van der Waals surface area (Å²) in [5, 5.41) is 8.67. The molecule has 0 amide bonds. The highest BCUT2D eigenvalue weighted by Gasteiger charge is 2.06. The van der Waals surface area contributed by atoms with E-state index in [0.717, 1.165) is 5.56 Å². The summed E-state index contributed by atoms with van der Waals surface area (Å²) in [6.45, 7) is 1.78. The van der Waals surface area contributed by atoms with E-state index in [-0.39, 0.29) is 6.61 Å². The summed E-state index contributed by atoms with van der Waals surface area (Å²) in [6, 6.07) is 15.7. The fourth-order valence-corrected chi connectivity index (χ4v) is 1.61. The number of nitrogens with zero attached hydrogens (tertiary/aromatic N) is 1. The lowest BCUT2D eigenvalue weighted by molar-refractivity contribution is -0.136. The molecule has 4 nitrogen and oxygen atoms in total. The largest absolute Gasteiger partial charge is 0.482 e. The number of rotatable bonds is 4. The minimum atomic E-state index is -0.490. The van der Waals surface area contributed by atoms with Gasteiger partial charge in [-0.25, -0.2) is 4.79 Å². The Balaban J connectivity index is 1.87. The number of hydrogen-bond donors (Lipinski definition) is 0. The van der Waals surface area contributed by atoms with Gasteiger partial charge in [0.1, 0.15) is 11.5 Å². The molecule has 0 aliphatic rings. The predicted molar refractivity (Wildman–Crippen MR) is 73.5 cm³/mol. The molecule has 0 saturated carbocycles. The fourth-order valence-electron chi connectivity index (χ4n) is 1.61. The molecule has 0 aromatic heterocycles. The van der Waals surface area contributed by atoms with Gasteiger partial charge >= 0.3 is 5.97 Å². The summed E-state index contributed by atoms with van der Waals surface area (Å²) in [5.41, 5.74) is 1.57. The Kier molecular flexibility index (Phi) is 4.35. The lowest BCUT2D eigenvalue weighted by Gasteiger charge is -2.07. The number of carbonyl (C=O) groups excluding carboxylic acids is 1. The van der Waals surface area contributed by atoms with Crippen molar-refractivity contribution in [3.8, 4) is 17.6 Å². The maximum atomic E-state index is 11.6. The third-order valence-corrected chi connectivity index (χ3v) is 2.56. The zero-order valence-electron chi connectivity index (χ0n) is 11.0. The maximum Gasteiger partial charge on any atom is 0.349 e. The molecule has 0 bridgehead atoms. The number of benzene rings is 2. The molecule has 2 rings (SSSR count). The van der Waals surface area contributed by atoms with Crippen LogP contribution in [0.3, 0.4) is 0 Å². The van der Waals surface area contributed by atoms with Crippen LogP contribution in [0, 0.1) is 18.3 Å². The van der Waals surface area contributed by atoms with E-state index in [1.54, 1.807) is 30.3 Å². The van der Waals surface area contributed by atoms with Crippen molar-refractivity contribution in [2.75, 3.05) is 6.61 Å². The molecule has 2 aromatic carbocycles. The summed E-state index contributed by atoms with van der Waals surface area (Å²) < 4.78 is 10.4. The topological polar surface area (TPSA) is 59.3 Å². The van der Waals surface area contributed by atoms with Gasteiger partial charge in [0.15, 0.2) is 6.61 Å². The number of ether oxygens (including phenoxy) is 2. The van der Waals surface area contributed by atoms with Gasteiger partial charge in [0.05, 0.1) is 11.6 Å². The summed E-state index contributed by atoms with van der Waals surface area (Å²) >= 11 is 0. The zero-order chi connectivity index (χ0) is 14.4. The highest BCUT2D eigenvalue weighted by molar-refractivity contribution is 5.74. The van der Waals surface area contributed by atoms with Crippen LogP contribution in [0.5, 0.6) is 11.5 Å². The molecule has 0 heterocycles. The molecule has 0 N–H and O–H groups in total. The van der Waals surface area contributed by atoms with Gasteiger partial charge < -0.3 is 9.47 Å². The third-order valence-electron chi connectivity index (χ3n) is 2.56. The van der Waals surface area contributed by atoms with E-state index < -0.39 is 5.97 Å². The maximum absolute atomic E-state index is 11.6. The van der Waals surface area contributed by atoms with E-state index in [1.807, 2.05) is 31.2 Å². The number of esters is 1. The minimum Gasteiger partial charge on any atom is -0.482 e. The lowest BCUT2D eigenvalue weighted by atomic mass is 10.2. The van der Waals surface area contributed by atoms with Gasteiger partial charge in [-0.3, -0.25) is 0 Å². The zero-order valence-corrected chi connectivity index (χ0v) is 11.0. The first-order valence-corrected chi connectivity index (χ1v) is 6.08. The highest BCUT2D eigenvalue weighted by Crippen LogP contribution is 2.14. The molecule has 4 heteroatoms. The normalized spacial score (nSPS) is 9.60. The van der Waals surface area contributed by atoms with Crippen molar-refractivity contribution in [1.82, 2.24) is 0 Å². The van der Waals surface area contributed by atoms with Crippen molar-refractivity contribution < 1.29 is 14.3 Å². The Bertz CT molecular complexity index is 642. The van der Waals surface area contributed by atoms with Crippen LogP contribution >= 0.6 is 0 Å². The van der Waals surface area contributed by atoms with Gasteiger partial charge in [-0.05, 0) is 48.9 Å². The molecule has 2 aromatic rings. The molecule has 0 atom stereocenters. The van der Waals surface area contributed by atoms with E-state index in [4.69, 9.17) is 14.7 Å². The van der Waals surface area contributed by atoms with Crippen LogP contribution in [-0.4, -0.2) is 12.6 Å². The van der Waals surface area contributed by atoms with E-state index in [9.17, 15) is 4.79 Å². The Morgan fingerprint density at radius 2 is 1.90 bits per heavy atom. The molecule has 0 spiro atoms. The van der Waals surface area contributed by atoms with Crippen LogP contribution in [0.1, 0.15) is 11.1 Å². The quantitative estimate of drug-likeness (QED) is 0.631. The van der Waals surface area contributed by atoms with Crippen molar-refractivity contribution >= 4 is 5.97 Å². The second-order valence-corrected chi connectivity index (χ2v) is 4.22. The van der Waals surface area contributed by atoms with Crippen molar-refractivity contribution in [3.05, 3.63) is 59.7 Å². The average molecular weight is 267 g/mol. The van der Waals surface area contributed by atoms with E-state index in [0.29, 0.717) is 17.1 Å². The van der Waals surface area contributed by atoms with Crippen LogP contribution in [0.25, 0.3) is 0 Å². The smallest absolute Gasteiger partial charge is 0.349 e. The molecule has 100 valence electrons. The molecular weight excluding hydrogens is 254 g/mol. The van der Waals surface area contributed by atoms with Crippen molar-refractivity contribution in [2.45, 2.75) is 6.92 Å². The van der Waals surface area contributed by atoms with Crippen LogP contribution in [0.2, 0.25) is 0 Å². The first-order valence-electron chi connectivity index (χ1n) is 6.08. The standard InChI is InChI=1S/C16H13NO3/c1-12-3-2-4-15(9-12)19-11-16(18)20-14-7-5-13(10-17)6-8-14/h2-9H,11H2,1H3. The Hall–Kier alpha value is -2.80. The van der Waals surface area contributed by atoms with Crippen molar-refractivity contribution in [3.63, 3.8) is 0 Å². The van der Waals surface area contributed by atoms with E-state index in [2.05, 4.69) is 0 Å². The van der Waals surface area contributed by atoms with E-state index >= 15 is 0 Å². The van der Waals surface area contributed by atoms with Crippen molar-refractivity contribution in [1.29, 1.82) is 5.26 Å². The summed E-state index contributed by atoms with van der Waals surface area (Å²) in [4.78, 5) is 11.6. The number of carbonyl (C=O) groups is 1. The first-order chi connectivity index (χ1) is 9.67. The molecule has 0 saturated heterocycles. The van der Waals surface area contributed by atoms with Gasteiger partial charge in [0.25, 0.3) is 0 Å². The van der Waals surface area contributed by atoms with E-state index in [1.165, 1.54) is 0 Å². The lowest BCUT2D eigenvalue weighted by Crippen LogP contribution is -2.17. The van der Waals surface area contributed by atoms with Crippen LogP contribution in [0.4, 0.5) is 0 Å². The monoisotopic (exact) mass is 267 g/mol. The third kappa shape index (κ3) is 3.85. The summed E-state index contributed by atoms with van der Waals surface area (Å²) in [5.74, 6) is 0.528. The predicted octanol–water partition coefficient (Wildman–Crippen LogP) is 2.85. The van der Waals surface area contributed by atoms with Gasteiger partial charge in [-0.15, -0.1) is 0 Å². The van der Waals surface area contributed by atoms with Crippen molar-refractivity contribution in [2.24, 2.45) is 0 Å². The molecule has 0 aliphatic carbocycles. The number of nitriles is 1. The molecule has 0 aliphatic heterocycles. The minimum absolute atomic E-state index is 0.163. The number of hydrogen-bond acceptors (Lipinski definition) is 4. The Morgan fingerprint density at radius 3 is 2.55 bits per heavy atom. The second kappa shape index (κ2) is 6.39. The van der Waals surface area contributed by atoms with Crippen LogP contribution < -0.4 is 9.47 Å². The highest BCUT2D eigenvalue weighted by atomic mass is 16.6. The molecule has 20 heavy (non-hydrogen) atoms. The fraction of sp³-hybridized carbons (Fsp3) is 0.125. The molecule has 0 fully saturated rings. The SMILES string of the molecule is Cc1cccc(OCC(=O)Oc2ccc(C#N)cc2)c1. The molecule has 0 unspecified atom stereocenters. The Labute approximate surface area is 117 Å². The van der Waals surface area contributed by atoms with Gasteiger partial charge in [0.2, 0.25) is 0 Å². The van der Waals surface area contributed by atoms with Gasteiger partial charge in [0, 0.05) is 0 Å². The average Bonchev–Trinajstić information content (AvgIpc) is 2.46. The number of aryl methyl sites for hydroxylation is 1.